The van der Waals surface area contributed by atoms with Gasteiger partial charge in [-0.05, 0) is 36.4 Å². The number of hydrogen-bond donors (Lipinski definition) is 1. The van der Waals surface area contributed by atoms with Crippen LogP contribution < -0.4 is 10.2 Å². The second kappa shape index (κ2) is 6.72. The average molecular weight is 394 g/mol. The molecule has 0 radical (unpaired) electrons. The number of nitrogens with one attached hydrogen (secondary N) is 1. The molecule has 1 N–H and O–H groups in total. The van der Waals surface area contributed by atoms with Gasteiger partial charge >= 0.3 is 0 Å². The van der Waals surface area contributed by atoms with E-state index in [9.17, 15) is 9.59 Å². The predicted octanol–water partition coefficient (Wildman–Crippen LogP) is 4.09. The summed E-state index contributed by atoms with van der Waals surface area (Å²) in [6, 6.07) is 14.5. The molecule has 1 aliphatic rings. The van der Waals surface area contributed by atoms with Crippen molar-refractivity contribution in [2.45, 2.75) is 6.42 Å². The molecule has 2 aromatic rings. The number of anilines is 2. The third-order valence-electron chi connectivity index (χ3n) is 3.75. The van der Waals surface area contributed by atoms with E-state index < -0.39 is 0 Å². The maximum atomic E-state index is 12.4. The smallest absolute Gasteiger partial charge is 0.229 e. The Hall–Kier alpha value is -1.85. The molecule has 0 aromatic heterocycles. The van der Waals surface area contributed by atoms with Gasteiger partial charge in [0.1, 0.15) is 0 Å². The largest absolute Gasteiger partial charge is 0.326 e. The number of halogens is 2. The van der Waals surface area contributed by atoms with Gasteiger partial charge in [-0.2, -0.15) is 0 Å². The molecule has 0 saturated carbocycles. The number of para-hydroxylation sites is 1. The Bertz CT molecular complexity index is 749. The van der Waals surface area contributed by atoms with E-state index in [2.05, 4.69) is 21.2 Å². The van der Waals surface area contributed by atoms with Gasteiger partial charge < -0.3 is 10.2 Å². The van der Waals surface area contributed by atoms with Gasteiger partial charge in [-0.15, -0.1) is 0 Å². The molecule has 6 heteroatoms. The first-order chi connectivity index (χ1) is 11.0. The van der Waals surface area contributed by atoms with Crippen molar-refractivity contribution in [2.75, 3.05) is 16.8 Å². The van der Waals surface area contributed by atoms with Crippen molar-refractivity contribution >= 4 is 50.7 Å². The fourth-order valence-electron chi connectivity index (χ4n) is 2.56. The molecular weight excluding hydrogens is 380 g/mol. The van der Waals surface area contributed by atoms with Gasteiger partial charge in [0, 0.05) is 23.1 Å². The van der Waals surface area contributed by atoms with Gasteiger partial charge in [0.25, 0.3) is 0 Å². The number of benzene rings is 2. The van der Waals surface area contributed by atoms with Crippen LogP contribution in [-0.4, -0.2) is 18.4 Å². The van der Waals surface area contributed by atoms with Crippen molar-refractivity contribution in [1.82, 2.24) is 0 Å². The minimum atomic E-state index is -0.387. The Morgan fingerprint density at radius 1 is 1.17 bits per heavy atom. The Morgan fingerprint density at radius 2 is 1.87 bits per heavy atom. The zero-order valence-electron chi connectivity index (χ0n) is 12.1. The highest BCUT2D eigenvalue weighted by Gasteiger charge is 2.35. The summed E-state index contributed by atoms with van der Waals surface area (Å²) in [5.74, 6) is -0.633. The molecule has 1 aliphatic heterocycles. The summed E-state index contributed by atoms with van der Waals surface area (Å²) in [6.45, 7) is 0.338. The molecule has 3 rings (SSSR count). The predicted molar refractivity (Wildman–Crippen MR) is 94.7 cm³/mol. The number of rotatable bonds is 3. The molecule has 0 spiro atoms. The molecule has 4 nitrogen and oxygen atoms in total. The van der Waals surface area contributed by atoms with Crippen LogP contribution in [0.15, 0.2) is 53.0 Å². The van der Waals surface area contributed by atoms with E-state index in [-0.39, 0.29) is 24.2 Å². The minimum absolute atomic E-state index is 0.0888. The molecule has 0 aliphatic carbocycles. The molecule has 0 unspecified atom stereocenters. The lowest BCUT2D eigenvalue weighted by Crippen LogP contribution is -2.28. The van der Waals surface area contributed by atoms with Crippen molar-refractivity contribution in [3.05, 3.63) is 58.0 Å². The molecule has 2 amide bonds. The van der Waals surface area contributed by atoms with E-state index in [4.69, 9.17) is 11.6 Å². The SMILES string of the molecule is O=C(Nc1ccc(Br)cc1)[C@@H]1CC(=O)N(c2ccccc2Cl)C1. The fraction of sp³-hybridized carbons (Fsp3) is 0.176. The van der Waals surface area contributed by atoms with Crippen molar-refractivity contribution < 1.29 is 9.59 Å². The molecule has 1 saturated heterocycles. The van der Waals surface area contributed by atoms with Crippen molar-refractivity contribution in [1.29, 1.82) is 0 Å². The third-order valence-corrected chi connectivity index (χ3v) is 4.60. The number of nitrogens with zero attached hydrogens (tertiary/aromatic N) is 1. The molecule has 1 fully saturated rings. The highest BCUT2D eigenvalue weighted by Crippen LogP contribution is 2.31. The standard InChI is InChI=1S/C17H14BrClN2O2/c18-12-5-7-13(8-6-12)20-17(23)11-9-16(22)21(10-11)15-4-2-1-3-14(15)19/h1-8,11H,9-10H2,(H,20,23)/t11-/m1/s1. The summed E-state index contributed by atoms with van der Waals surface area (Å²) in [6.07, 6.45) is 0.188. The van der Waals surface area contributed by atoms with Gasteiger partial charge in [0.05, 0.1) is 16.6 Å². The van der Waals surface area contributed by atoms with Gasteiger partial charge in [0.2, 0.25) is 11.8 Å². The van der Waals surface area contributed by atoms with Crippen LogP contribution in [0, 0.1) is 5.92 Å². The third kappa shape index (κ3) is 3.57. The first-order valence-corrected chi connectivity index (χ1v) is 8.33. The molecule has 1 atom stereocenters. The van der Waals surface area contributed by atoms with Crippen LogP contribution >= 0.6 is 27.5 Å². The van der Waals surface area contributed by atoms with Crippen LogP contribution in [0.5, 0.6) is 0 Å². The van der Waals surface area contributed by atoms with E-state index >= 15 is 0 Å². The molecular formula is C17H14BrClN2O2. The lowest BCUT2D eigenvalue weighted by molar-refractivity contribution is -0.122. The van der Waals surface area contributed by atoms with Crippen molar-refractivity contribution in [2.24, 2.45) is 5.92 Å². The van der Waals surface area contributed by atoms with Crippen LogP contribution in [0.4, 0.5) is 11.4 Å². The van der Waals surface area contributed by atoms with Crippen molar-refractivity contribution in [3.63, 3.8) is 0 Å². The van der Waals surface area contributed by atoms with E-state index in [1.807, 2.05) is 36.4 Å². The first-order valence-electron chi connectivity index (χ1n) is 7.16. The number of amides is 2. The quantitative estimate of drug-likeness (QED) is 0.854. The summed E-state index contributed by atoms with van der Waals surface area (Å²) >= 11 is 9.49. The van der Waals surface area contributed by atoms with Crippen molar-refractivity contribution in [3.8, 4) is 0 Å². The minimum Gasteiger partial charge on any atom is -0.326 e. The van der Waals surface area contributed by atoms with Gasteiger partial charge in [-0.25, -0.2) is 0 Å². The van der Waals surface area contributed by atoms with Gasteiger partial charge in [-0.1, -0.05) is 39.7 Å². The average Bonchev–Trinajstić information content (AvgIpc) is 2.92. The van der Waals surface area contributed by atoms with Crippen LogP contribution in [0.1, 0.15) is 6.42 Å². The molecule has 23 heavy (non-hydrogen) atoms. The fourth-order valence-corrected chi connectivity index (χ4v) is 3.07. The van der Waals surface area contributed by atoms with Crippen LogP contribution in [0.3, 0.4) is 0 Å². The number of carbonyl (C=O) groups excluding carboxylic acids is 2. The highest BCUT2D eigenvalue weighted by molar-refractivity contribution is 9.10. The van der Waals surface area contributed by atoms with Gasteiger partial charge in [0.15, 0.2) is 0 Å². The van der Waals surface area contributed by atoms with Gasteiger partial charge in [-0.3, -0.25) is 9.59 Å². The second-order valence-corrected chi connectivity index (χ2v) is 6.68. The van der Waals surface area contributed by atoms with Crippen LogP contribution in [0.25, 0.3) is 0 Å². The summed E-state index contributed by atoms with van der Waals surface area (Å²) in [5.41, 5.74) is 1.36. The van der Waals surface area contributed by atoms with E-state index in [1.54, 1.807) is 17.0 Å². The Balaban J connectivity index is 1.71. The zero-order chi connectivity index (χ0) is 16.4. The molecule has 1 heterocycles. The first kappa shape index (κ1) is 16.0. The normalized spacial score (nSPS) is 17.4. The van der Waals surface area contributed by atoms with E-state index in [0.717, 1.165) is 4.47 Å². The maximum absolute atomic E-state index is 12.4. The molecule has 118 valence electrons. The Morgan fingerprint density at radius 3 is 2.57 bits per heavy atom. The Kier molecular flexibility index (Phi) is 4.68. The molecule has 0 bridgehead atoms. The Labute approximate surface area is 147 Å². The summed E-state index contributed by atoms with van der Waals surface area (Å²) in [7, 11) is 0. The van der Waals surface area contributed by atoms with Crippen LogP contribution in [-0.2, 0) is 9.59 Å². The second-order valence-electron chi connectivity index (χ2n) is 5.35. The topological polar surface area (TPSA) is 49.4 Å². The van der Waals surface area contributed by atoms with E-state index in [1.165, 1.54) is 0 Å². The molecule has 2 aromatic carbocycles. The maximum Gasteiger partial charge on any atom is 0.229 e. The van der Waals surface area contributed by atoms with Crippen LogP contribution in [0.2, 0.25) is 5.02 Å². The monoisotopic (exact) mass is 392 g/mol. The highest BCUT2D eigenvalue weighted by atomic mass is 79.9. The zero-order valence-corrected chi connectivity index (χ0v) is 14.5. The summed E-state index contributed by atoms with van der Waals surface area (Å²) in [5, 5.41) is 3.36. The lowest BCUT2D eigenvalue weighted by atomic mass is 10.1. The number of hydrogen-bond acceptors (Lipinski definition) is 2. The lowest BCUT2D eigenvalue weighted by Gasteiger charge is -2.18. The summed E-state index contributed by atoms with van der Waals surface area (Å²) < 4.78 is 0.941. The number of carbonyl (C=O) groups is 2. The van der Waals surface area contributed by atoms with E-state index in [0.29, 0.717) is 22.9 Å². The summed E-state index contributed by atoms with van der Waals surface area (Å²) in [4.78, 5) is 26.2.